The zero-order chi connectivity index (χ0) is 13.7. The maximum Gasteiger partial charge on any atom is 0.328 e. The van der Waals surface area contributed by atoms with E-state index in [2.05, 4.69) is 4.98 Å². The van der Waals surface area contributed by atoms with Crippen LogP contribution in [0.1, 0.15) is 24.8 Å². The Labute approximate surface area is 114 Å². The highest BCUT2D eigenvalue weighted by atomic mass is 16.3. The number of nitrogens with two attached hydrogens (primary N) is 1. The lowest BCUT2D eigenvalue weighted by molar-refractivity contribution is 0.500. The van der Waals surface area contributed by atoms with Crippen LogP contribution < -0.4 is 11.4 Å². The molecule has 0 saturated heterocycles. The smallest absolute Gasteiger partial charge is 0.328 e. The second-order valence-electron chi connectivity index (χ2n) is 5.18. The Morgan fingerprint density at radius 2 is 2.20 bits per heavy atom. The summed E-state index contributed by atoms with van der Waals surface area (Å²) in [5.74, 6) is 0.515. The summed E-state index contributed by atoms with van der Waals surface area (Å²) in [5, 5.41) is 0. The van der Waals surface area contributed by atoms with Crippen molar-refractivity contribution in [2.75, 3.05) is 5.73 Å². The van der Waals surface area contributed by atoms with Gasteiger partial charge in [0.15, 0.2) is 5.58 Å². The Balaban J connectivity index is 1.68. The molecule has 0 atom stereocenters. The van der Waals surface area contributed by atoms with Gasteiger partial charge in [0, 0.05) is 24.1 Å². The molecule has 1 fully saturated rings. The van der Waals surface area contributed by atoms with Crippen LogP contribution in [0.3, 0.4) is 0 Å². The van der Waals surface area contributed by atoms with E-state index in [0.29, 0.717) is 29.7 Å². The van der Waals surface area contributed by atoms with Crippen LogP contribution in [0.5, 0.6) is 0 Å². The molecule has 1 saturated carbocycles. The van der Waals surface area contributed by atoms with Gasteiger partial charge in [-0.25, -0.2) is 9.78 Å². The third-order valence-corrected chi connectivity index (χ3v) is 3.58. The molecule has 4 rings (SSSR count). The van der Waals surface area contributed by atoms with Crippen LogP contribution in [0.25, 0.3) is 11.1 Å². The van der Waals surface area contributed by atoms with E-state index in [1.165, 1.54) is 0 Å². The van der Waals surface area contributed by atoms with Gasteiger partial charge in [0.2, 0.25) is 5.89 Å². The largest absolute Gasteiger partial charge is 0.439 e. The molecule has 1 aromatic carbocycles. The van der Waals surface area contributed by atoms with Crippen LogP contribution in [0, 0.1) is 0 Å². The van der Waals surface area contributed by atoms with Gasteiger partial charge in [-0.2, -0.15) is 0 Å². The van der Waals surface area contributed by atoms with Crippen molar-refractivity contribution in [1.82, 2.24) is 14.1 Å². The summed E-state index contributed by atoms with van der Waals surface area (Å²) in [4.78, 5) is 16.5. The molecule has 6 heteroatoms. The van der Waals surface area contributed by atoms with Crippen molar-refractivity contribution in [1.29, 1.82) is 0 Å². The quantitative estimate of drug-likeness (QED) is 0.735. The van der Waals surface area contributed by atoms with Crippen molar-refractivity contribution in [3.05, 3.63) is 47.0 Å². The summed E-state index contributed by atoms with van der Waals surface area (Å²) >= 11 is 0. The summed E-state index contributed by atoms with van der Waals surface area (Å²) in [6.45, 7) is 0.340. The van der Waals surface area contributed by atoms with Crippen LogP contribution in [-0.4, -0.2) is 14.1 Å². The Morgan fingerprint density at radius 1 is 1.35 bits per heavy atom. The Kier molecular flexibility index (Phi) is 2.26. The molecule has 102 valence electrons. The molecule has 0 aliphatic heterocycles. The molecular weight excluding hydrogens is 256 g/mol. The number of nitrogen functional groups attached to an aromatic ring is 1. The highest BCUT2D eigenvalue weighted by Crippen LogP contribution is 2.33. The van der Waals surface area contributed by atoms with E-state index in [4.69, 9.17) is 10.2 Å². The highest BCUT2D eigenvalue weighted by Gasteiger charge is 2.25. The van der Waals surface area contributed by atoms with Gasteiger partial charge in [-0.05, 0) is 31.0 Å². The molecule has 6 nitrogen and oxygen atoms in total. The van der Waals surface area contributed by atoms with Gasteiger partial charge in [-0.3, -0.25) is 9.13 Å². The van der Waals surface area contributed by atoms with E-state index in [-0.39, 0.29) is 5.69 Å². The van der Waals surface area contributed by atoms with Gasteiger partial charge in [0.1, 0.15) is 12.1 Å². The average molecular weight is 270 g/mol. The first-order valence-electron chi connectivity index (χ1n) is 6.63. The number of hydrogen-bond acceptors (Lipinski definition) is 4. The van der Waals surface area contributed by atoms with Crippen LogP contribution in [0.4, 0.5) is 5.69 Å². The zero-order valence-corrected chi connectivity index (χ0v) is 10.8. The van der Waals surface area contributed by atoms with Gasteiger partial charge >= 0.3 is 5.69 Å². The van der Waals surface area contributed by atoms with Crippen LogP contribution in [0.2, 0.25) is 0 Å². The van der Waals surface area contributed by atoms with E-state index >= 15 is 0 Å². The predicted octanol–water partition coefficient (Wildman–Crippen LogP) is 1.76. The average Bonchev–Trinajstić information content (AvgIpc) is 3.09. The molecule has 0 amide bonds. The summed E-state index contributed by atoms with van der Waals surface area (Å²) in [5.41, 5.74) is 7.76. The summed E-state index contributed by atoms with van der Waals surface area (Å²) in [6, 6.07) is 5.71. The summed E-state index contributed by atoms with van der Waals surface area (Å²) in [7, 11) is 0. The second kappa shape index (κ2) is 4.00. The maximum atomic E-state index is 12.2. The number of imidazole rings is 1. The monoisotopic (exact) mass is 270 g/mol. The first-order chi connectivity index (χ1) is 9.70. The topological polar surface area (TPSA) is 79.0 Å². The van der Waals surface area contributed by atoms with E-state index in [0.717, 1.165) is 18.4 Å². The minimum absolute atomic E-state index is 0.00531. The fourth-order valence-corrected chi connectivity index (χ4v) is 2.38. The maximum absolute atomic E-state index is 12.2. The number of fused-ring (bicyclic) bond motifs is 1. The first-order valence-corrected chi connectivity index (χ1v) is 6.63. The number of hydrogen-bond donors (Lipinski definition) is 1. The third-order valence-electron chi connectivity index (χ3n) is 3.58. The fourth-order valence-electron chi connectivity index (χ4n) is 2.38. The molecule has 1 aliphatic carbocycles. The van der Waals surface area contributed by atoms with E-state index in [1.807, 2.05) is 6.20 Å². The number of rotatable bonds is 3. The lowest BCUT2D eigenvalue weighted by Crippen LogP contribution is -2.23. The molecule has 2 aromatic heterocycles. The Hall–Kier alpha value is -2.50. The number of benzene rings is 1. The second-order valence-corrected chi connectivity index (χ2v) is 5.18. The molecular formula is C14H14N4O2. The number of nitrogens with zero attached hydrogens (tertiary/aromatic N) is 3. The van der Waals surface area contributed by atoms with Crippen molar-refractivity contribution >= 4 is 16.8 Å². The highest BCUT2D eigenvalue weighted by molar-refractivity contribution is 5.76. The van der Waals surface area contributed by atoms with E-state index in [9.17, 15) is 4.79 Å². The SMILES string of the molecule is Nc1ccc2oc(Cn3ccn(C4CC4)c3=O)nc2c1. The molecule has 0 radical (unpaired) electrons. The molecule has 2 heterocycles. The van der Waals surface area contributed by atoms with Crippen LogP contribution in [0.15, 0.2) is 39.8 Å². The Morgan fingerprint density at radius 3 is 3.00 bits per heavy atom. The molecule has 0 unspecified atom stereocenters. The van der Waals surface area contributed by atoms with Gasteiger partial charge in [0.25, 0.3) is 0 Å². The van der Waals surface area contributed by atoms with Crippen molar-refractivity contribution < 1.29 is 4.42 Å². The lowest BCUT2D eigenvalue weighted by Gasteiger charge is -1.97. The van der Waals surface area contributed by atoms with Crippen molar-refractivity contribution in [3.8, 4) is 0 Å². The van der Waals surface area contributed by atoms with Crippen molar-refractivity contribution in [3.63, 3.8) is 0 Å². The molecule has 0 spiro atoms. The van der Waals surface area contributed by atoms with Gasteiger partial charge in [0.05, 0.1) is 0 Å². The minimum Gasteiger partial charge on any atom is -0.439 e. The molecule has 20 heavy (non-hydrogen) atoms. The van der Waals surface area contributed by atoms with Gasteiger partial charge < -0.3 is 10.2 Å². The minimum atomic E-state index is -0.00531. The van der Waals surface area contributed by atoms with E-state index in [1.54, 1.807) is 33.5 Å². The molecule has 3 aromatic rings. The predicted molar refractivity (Wildman–Crippen MR) is 74.5 cm³/mol. The number of oxazole rings is 1. The normalized spacial score (nSPS) is 15.0. The Bertz CT molecular complexity index is 838. The van der Waals surface area contributed by atoms with Gasteiger partial charge in [-0.15, -0.1) is 0 Å². The standard InChI is InChI=1S/C14H14N4O2/c15-9-1-4-12-11(7-9)16-13(20-12)8-17-5-6-18(14(17)19)10-2-3-10/h1,4-7,10H,2-3,8,15H2. The van der Waals surface area contributed by atoms with Crippen molar-refractivity contribution in [2.24, 2.45) is 0 Å². The molecule has 1 aliphatic rings. The van der Waals surface area contributed by atoms with E-state index < -0.39 is 0 Å². The van der Waals surface area contributed by atoms with Crippen molar-refractivity contribution in [2.45, 2.75) is 25.4 Å². The van der Waals surface area contributed by atoms with Crippen LogP contribution in [-0.2, 0) is 6.54 Å². The number of aromatic nitrogens is 3. The third kappa shape index (κ3) is 1.80. The molecule has 2 N–H and O–H groups in total. The summed E-state index contributed by atoms with van der Waals surface area (Å²) < 4.78 is 9.03. The lowest BCUT2D eigenvalue weighted by atomic mass is 10.3. The fraction of sp³-hybridized carbons (Fsp3) is 0.286. The zero-order valence-electron chi connectivity index (χ0n) is 10.8. The summed E-state index contributed by atoms with van der Waals surface area (Å²) in [6.07, 6.45) is 5.79. The molecule has 0 bridgehead atoms. The first kappa shape index (κ1) is 11.3. The van der Waals surface area contributed by atoms with Gasteiger partial charge in [-0.1, -0.05) is 0 Å². The number of anilines is 1. The van der Waals surface area contributed by atoms with Crippen LogP contribution >= 0.6 is 0 Å².